The van der Waals surface area contributed by atoms with Gasteiger partial charge in [0, 0.05) is 24.9 Å². The number of hydrogen-bond donors (Lipinski definition) is 1. The zero-order valence-corrected chi connectivity index (χ0v) is 7.55. The van der Waals surface area contributed by atoms with Gasteiger partial charge in [0.15, 0.2) is 11.4 Å². The number of carbonyl (C=O) groups is 1. The summed E-state index contributed by atoms with van der Waals surface area (Å²) in [5.74, 6) is -0.0435. The van der Waals surface area contributed by atoms with Crippen molar-refractivity contribution in [1.29, 1.82) is 0 Å². The Balaban J connectivity index is 2.40. The van der Waals surface area contributed by atoms with Crippen molar-refractivity contribution in [1.82, 2.24) is 14.6 Å². The highest BCUT2D eigenvalue weighted by Crippen LogP contribution is 2.04. The molecular weight excluding hydrogens is 180 g/mol. The predicted molar refractivity (Wildman–Crippen MR) is 51.0 cm³/mol. The lowest BCUT2D eigenvalue weighted by atomic mass is 10.2. The van der Waals surface area contributed by atoms with E-state index < -0.39 is 0 Å². The lowest BCUT2D eigenvalue weighted by Crippen LogP contribution is -2.08. The Morgan fingerprint density at radius 2 is 2.43 bits per heavy atom. The maximum Gasteiger partial charge on any atom is 0.184 e. The summed E-state index contributed by atoms with van der Waals surface area (Å²) in [6, 6.07) is 3.43. The number of nitrogens with zero attached hydrogens (tertiary/aromatic N) is 3. The first-order valence-electron chi connectivity index (χ1n) is 4.35. The molecular formula is C9H10N4O. The van der Waals surface area contributed by atoms with Crippen LogP contribution in [0.3, 0.4) is 0 Å². The standard InChI is InChI=1S/C9H10N4O/c10-3-2-8(14)7-6-9-11-4-1-5-13(9)12-7/h1,4-6H,2-3,10H2. The first-order valence-corrected chi connectivity index (χ1v) is 4.35. The fourth-order valence-electron chi connectivity index (χ4n) is 1.23. The third-order valence-corrected chi connectivity index (χ3v) is 1.89. The van der Waals surface area contributed by atoms with Crippen LogP contribution in [0.25, 0.3) is 5.65 Å². The van der Waals surface area contributed by atoms with Gasteiger partial charge in [0.05, 0.1) is 0 Å². The second-order valence-corrected chi connectivity index (χ2v) is 2.91. The molecule has 0 radical (unpaired) electrons. The van der Waals surface area contributed by atoms with Crippen LogP contribution >= 0.6 is 0 Å². The minimum atomic E-state index is -0.0435. The van der Waals surface area contributed by atoms with Crippen molar-refractivity contribution in [3.05, 3.63) is 30.2 Å². The summed E-state index contributed by atoms with van der Waals surface area (Å²) < 4.78 is 1.57. The van der Waals surface area contributed by atoms with Crippen LogP contribution in [0.2, 0.25) is 0 Å². The van der Waals surface area contributed by atoms with E-state index in [0.717, 1.165) is 0 Å². The molecule has 0 spiro atoms. The van der Waals surface area contributed by atoms with Crippen molar-refractivity contribution >= 4 is 11.4 Å². The van der Waals surface area contributed by atoms with Gasteiger partial charge in [-0.05, 0) is 12.6 Å². The summed E-state index contributed by atoms with van der Waals surface area (Å²) >= 11 is 0. The van der Waals surface area contributed by atoms with Crippen molar-refractivity contribution in [2.45, 2.75) is 6.42 Å². The first-order chi connectivity index (χ1) is 6.81. The van der Waals surface area contributed by atoms with Crippen LogP contribution in [0.15, 0.2) is 24.5 Å². The smallest absolute Gasteiger partial charge is 0.184 e. The molecule has 5 nitrogen and oxygen atoms in total. The van der Waals surface area contributed by atoms with Gasteiger partial charge in [-0.1, -0.05) is 0 Å². The van der Waals surface area contributed by atoms with Gasteiger partial charge in [0.1, 0.15) is 5.69 Å². The van der Waals surface area contributed by atoms with Gasteiger partial charge in [-0.25, -0.2) is 9.50 Å². The van der Waals surface area contributed by atoms with Crippen LogP contribution in [0.5, 0.6) is 0 Å². The SMILES string of the molecule is NCCC(=O)c1cc2ncccn2n1. The van der Waals surface area contributed by atoms with E-state index in [0.29, 0.717) is 24.3 Å². The molecule has 2 N–H and O–H groups in total. The van der Waals surface area contributed by atoms with E-state index >= 15 is 0 Å². The summed E-state index contributed by atoms with van der Waals surface area (Å²) in [4.78, 5) is 15.5. The van der Waals surface area contributed by atoms with E-state index in [-0.39, 0.29) is 5.78 Å². The molecule has 0 bridgehead atoms. The highest BCUT2D eigenvalue weighted by Gasteiger charge is 2.09. The quantitative estimate of drug-likeness (QED) is 0.704. The van der Waals surface area contributed by atoms with E-state index in [2.05, 4.69) is 10.1 Å². The molecule has 5 heteroatoms. The monoisotopic (exact) mass is 190 g/mol. The van der Waals surface area contributed by atoms with Crippen molar-refractivity contribution in [2.24, 2.45) is 5.73 Å². The normalized spacial score (nSPS) is 10.6. The molecule has 0 saturated heterocycles. The molecule has 14 heavy (non-hydrogen) atoms. The molecule has 0 fully saturated rings. The maximum absolute atomic E-state index is 11.4. The number of fused-ring (bicyclic) bond motifs is 1. The van der Waals surface area contributed by atoms with Crippen molar-refractivity contribution < 1.29 is 4.79 Å². The van der Waals surface area contributed by atoms with Gasteiger partial charge >= 0.3 is 0 Å². The molecule has 0 aliphatic heterocycles. The summed E-state index contributed by atoms with van der Waals surface area (Å²) in [7, 11) is 0. The molecule has 0 saturated carbocycles. The second-order valence-electron chi connectivity index (χ2n) is 2.91. The van der Waals surface area contributed by atoms with Crippen molar-refractivity contribution in [2.75, 3.05) is 6.54 Å². The van der Waals surface area contributed by atoms with Crippen LogP contribution in [-0.2, 0) is 0 Å². The summed E-state index contributed by atoms with van der Waals surface area (Å²) in [6.07, 6.45) is 3.74. The van der Waals surface area contributed by atoms with Crippen LogP contribution in [0.1, 0.15) is 16.9 Å². The van der Waals surface area contributed by atoms with E-state index in [1.165, 1.54) is 0 Å². The number of rotatable bonds is 3. The van der Waals surface area contributed by atoms with Gasteiger partial charge in [-0.3, -0.25) is 4.79 Å². The third kappa shape index (κ3) is 1.49. The number of ketones is 1. The third-order valence-electron chi connectivity index (χ3n) is 1.89. The van der Waals surface area contributed by atoms with E-state index in [9.17, 15) is 4.79 Å². The van der Waals surface area contributed by atoms with Gasteiger partial charge in [0.25, 0.3) is 0 Å². The minimum Gasteiger partial charge on any atom is -0.330 e. The highest BCUT2D eigenvalue weighted by molar-refractivity contribution is 5.95. The number of nitrogens with two attached hydrogens (primary N) is 1. The van der Waals surface area contributed by atoms with Crippen molar-refractivity contribution in [3.8, 4) is 0 Å². The van der Waals surface area contributed by atoms with Crippen LogP contribution in [-0.4, -0.2) is 26.9 Å². The van der Waals surface area contributed by atoms with Crippen LogP contribution in [0.4, 0.5) is 0 Å². The second kappa shape index (κ2) is 3.55. The molecule has 2 aromatic heterocycles. The molecule has 2 rings (SSSR count). The van der Waals surface area contributed by atoms with Gasteiger partial charge in [-0.15, -0.1) is 0 Å². The molecule has 0 unspecified atom stereocenters. The lowest BCUT2D eigenvalue weighted by Gasteiger charge is -1.90. The Kier molecular flexibility index (Phi) is 2.24. The van der Waals surface area contributed by atoms with Crippen LogP contribution in [0, 0.1) is 0 Å². The molecule has 0 aliphatic rings. The molecule has 0 atom stereocenters. The highest BCUT2D eigenvalue weighted by atomic mass is 16.1. The van der Waals surface area contributed by atoms with Gasteiger partial charge in [-0.2, -0.15) is 5.10 Å². The van der Waals surface area contributed by atoms with Crippen molar-refractivity contribution in [3.63, 3.8) is 0 Å². The lowest BCUT2D eigenvalue weighted by molar-refractivity contribution is 0.0980. The fourth-order valence-corrected chi connectivity index (χ4v) is 1.23. The van der Waals surface area contributed by atoms with E-state index in [1.807, 2.05) is 0 Å². The number of Topliss-reactive ketones (excluding diaryl/α,β-unsaturated/α-hetero) is 1. The van der Waals surface area contributed by atoms with E-state index in [4.69, 9.17) is 5.73 Å². The summed E-state index contributed by atoms with van der Waals surface area (Å²) in [5, 5.41) is 4.08. The molecule has 2 aromatic rings. The average molecular weight is 190 g/mol. The van der Waals surface area contributed by atoms with E-state index in [1.54, 1.807) is 29.0 Å². The average Bonchev–Trinajstić information content (AvgIpc) is 2.61. The Hall–Kier alpha value is -1.75. The fraction of sp³-hybridized carbons (Fsp3) is 0.222. The van der Waals surface area contributed by atoms with Crippen LogP contribution < -0.4 is 5.73 Å². The van der Waals surface area contributed by atoms with Gasteiger partial charge in [0.2, 0.25) is 0 Å². The van der Waals surface area contributed by atoms with Gasteiger partial charge < -0.3 is 5.73 Å². The maximum atomic E-state index is 11.4. The molecule has 2 heterocycles. The largest absolute Gasteiger partial charge is 0.330 e. The Morgan fingerprint density at radius 3 is 3.14 bits per heavy atom. The number of carbonyl (C=O) groups excluding carboxylic acids is 1. The molecule has 0 amide bonds. The molecule has 0 aromatic carbocycles. The number of hydrogen-bond acceptors (Lipinski definition) is 4. The Bertz CT molecular complexity index is 430. The Labute approximate surface area is 80.6 Å². The molecule has 0 aliphatic carbocycles. The topological polar surface area (TPSA) is 73.3 Å². The zero-order valence-electron chi connectivity index (χ0n) is 7.55. The number of aromatic nitrogens is 3. The first kappa shape index (κ1) is 8.83. The summed E-state index contributed by atoms with van der Waals surface area (Å²) in [6.45, 7) is 0.347. The zero-order chi connectivity index (χ0) is 9.97. The minimum absolute atomic E-state index is 0.0435. The summed E-state index contributed by atoms with van der Waals surface area (Å²) in [5.41, 5.74) is 6.39. The molecule has 72 valence electrons. The predicted octanol–water partition coefficient (Wildman–Crippen LogP) is 0.261. The Morgan fingerprint density at radius 1 is 1.57 bits per heavy atom.